The number of rotatable bonds is 1. The standard InChI is InChI=1S/C19H16O6S.Na/c1-9-13-15(20)16(21)14-10-5-4-8-19(2,3)12(10)7-6-11(14)17(13)25-18(9)26(22,23)24;/h4-7H,8H2,1-3H3,(H,22,23,24);/q;+1/p-1. The maximum absolute atomic E-state index is 12.8. The van der Waals surface area contributed by atoms with Gasteiger partial charge in [-0.1, -0.05) is 38.1 Å². The third kappa shape index (κ3) is 2.80. The van der Waals surface area contributed by atoms with Crippen molar-refractivity contribution in [2.45, 2.75) is 37.7 Å². The summed E-state index contributed by atoms with van der Waals surface area (Å²) in [5.74, 6) is -1.60. The average molecular weight is 394 g/mol. The van der Waals surface area contributed by atoms with E-state index >= 15 is 0 Å². The van der Waals surface area contributed by atoms with Gasteiger partial charge in [-0.15, -0.1) is 0 Å². The van der Waals surface area contributed by atoms with Crippen molar-refractivity contribution in [3.05, 3.63) is 46.0 Å². The molecule has 0 fully saturated rings. The Labute approximate surface area is 178 Å². The van der Waals surface area contributed by atoms with Crippen LogP contribution in [0.4, 0.5) is 0 Å². The first-order chi connectivity index (χ1) is 12.0. The first-order valence-electron chi connectivity index (χ1n) is 8.07. The average Bonchev–Trinajstić information content (AvgIpc) is 2.89. The number of benzene rings is 1. The van der Waals surface area contributed by atoms with Crippen LogP contribution in [0.5, 0.6) is 0 Å². The van der Waals surface area contributed by atoms with E-state index in [2.05, 4.69) is 0 Å². The topological polar surface area (TPSA) is 104 Å². The number of carbonyl (C=O) groups is 2. The Bertz CT molecular complexity index is 1150. The predicted molar refractivity (Wildman–Crippen MR) is 92.2 cm³/mol. The van der Waals surface area contributed by atoms with Crippen molar-refractivity contribution in [3.8, 4) is 11.3 Å². The number of Topliss-reactive ketones (excluding diaryl/α,β-unsaturated/α-hetero) is 2. The van der Waals surface area contributed by atoms with Crippen LogP contribution in [0.1, 0.15) is 57.7 Å². The van der Waals surface area contributed by atoms with Crippen molar-refractivity contribution in [1.29, 1.82) is 0 Å². The Hall–Kier alpha value is -1.51. The van der Waals surface area contributed by atoms with E-state index < -0.39 is 26.8 Å². The molecule has 0 bridgehead atoms. The van der Waals surface area contributed by atoms with E-state index in [4.69, 9.17) is 4.42 Å². The smallest absolute Gasteiger partial charge is 0.742 e. The summed E-state index contributed by atoms with van der Waals surface area (Å²) in [4.78, 5) is 25.5. The van der Waals surface area contributed by atoms with Crippen molar-refractivity contribution >= 4 is 27.8 Å². The van der Waals surface area contributed by atoms with Gasteiger partial charge in [-0.3, -0.25) is 9.59 Å². The second-order valence-corrected chi connectivity index (χ2v) is 8.55. The van der Waals surface area contributed by atoms with Gasteiger partial charge in [0.25, 0.3) is 0 Å². The third-order valence-electron chi connectivity index (χ3n) is 5.12. The molecule has 2 aromatic rings. The molecule has 1 heterocycles. The van der Waals surface area contributed by atoms with Crippen LogP contribution < -0.4 is 29.6 Å². The minimum atomic E-state index is -4.90. The molecule has 0 radical (unpaired) electrons. The fourth-order valence-electron chi connectivity index (χ4n) is 3.82. The predicted octanol–water partition coefficient (Wildman–Crippen LogP) is 0.237. The number of hydrogen-bond acceptors (Lipinski definition) is 6. The first-order valence-corrected chi connectivity index (χ1v) is 9.47. The first kappa shape index (κ1) is 20.2. The summed E-state index contributed by atoms with van der Waals surface area (Å²) in [6.45, 7) is 5.38. The van der Waals surface area contributed by atoms with Gasteiger partial charge < -0.3 is 8.97 Å². The van der Waals surface area contributed by atoms with E-state index in [9.17, 15) is 22.6 Å². The van der Waals surface area contributed by atoms with Crippen LogP contribution in [-0.4, -0.2) is 24.5 Å². The van der Waals surface area contributed by atoms with Gasteiger partial charge in [0.1, 0.15) is 5.76 Å². The number of ketones is 2. The molecule has 0 N–H and O–H groups in total. The Kier molecular flexibility index (Phi) is 4.68. The number of allylic oxidation sites excluding steroid dienone is 1. The normalized spacial score (nSPS) is 17.0. The molecule has 0 atom stereocenters. The van der Waals surface area contributed by atoms with E-state index in [0.717, 1.165) is 12.0 Å². The van der Waals surface area contributed by atoms with Gasteiger partial charge in [0, 0.05) is 16.7 Å². The number of fused-ring (bicyclic) bond motifs is 5. The van der Waals surface area contributed by atoms with Crippen LogP contribution in [0.15, 0.2) is 27.7 Å². The SMILES string of the molecule is Cc1c(S(=O)(=O)[O-])oc2c1C(=O)C(=O)c1c-2ccc2c1C=CCC2(C)C.[Na+]. The summed E-state index contributed by atoms with van der Waals surface area (Å²) >= 11 is 0. The van der Waals surface area contributed by atoms with Crippen LogP contribution >= 0.6 is 0 Å². The van der Waals surface area contributed by atoms with Crippen LogP contribution in [0.2, 0.25) is 0 Å². The van der Waals surface area contributed by atoms with Crippen molar-refractivity contribution in [1.82, 2.24) is 0 Å². The maximum atomic E-state index is 12.8. The summed E-state index contributed by atoms with van der Waals surface area (Å²) < 4.78 is 39.6. The summed E-state index contributed by atoms with van der Waals surface area (Å²) in [5, 5.41) is -0.815. The van der Waals surface area contributed by atoms with Crippen molar-refractivity contribution in [2.24, 2.45) is 0 Å². The minimum Gasteiger partial charge on any atom is -0.742 e. The number of furan rings is 1. The zero-order chi connectivity index (χ0) is 19.0. The second-order valence-electron chi connectivity index (χ2n) is 7.27. The molecule has 0 aliphatic heterocycles. The van der Waals surface area contributed by atoms with Crippen molar-refractivity contribution < 1.29 is 56.5 Å². The van der Waals surface area contributed by atoms with E-state index in [0.29, 0.717) is 11.1 Å². The monoisotopic (exact) mass is 394 g/mol. The molecule has 0 spiro atoms. The second kappa shape index (κ2) is 6.25. The van der Waals surface area contributed by atoms with Gasteiger partial charge in [0.05, 0.1) is 5.56 Å². The molecular weight excluding hydrogens is 379 g/mol. The van der Waals surface area contributed by atoms with Gasteiger partial charge in [-0.25, -0.2) is 8.42 Å². The summed E-state index contributed by atoms with van der Waals surface area (Å²) in [6.07, 6.45) is 4.54. The molecule has 27 heavy (non-hydrogen) atoms. The minimum absolute atomic E-state index is 0. The van der Waals surface area contributed by atoms with Crippen molar-refractivity contribution in [3.63, 3.8) is 0 Å². The van der Waals surface area contributed by atoms with Gasteiger partial charge in [-0.2, -0.15) is 0 Å². The van der Waals surface area contributed by atoms with Gasteiger partial charge >= 0.3 is 29.6 Å². The number of hydrogen-bond donors (Lipinski definition) is 0. The Balaban J connectivity index is 0.00000210. The summed E-state index contributed by atoms with van der Waals surface area (Å²) in [5.41, 5.74) is 1.65. The Morgan fingerprint density at radius 2 is 1.74 bits per heavy atom. The van der Waals surface area contributed by atoms with Crippen LogP contribution in [0.3, 0.4) is 0 Å². The fourth-order valence-corrected chi connectivity index (χ4v) is 4.48. The van der Waals surface area contributed by atoms with E-state index in [-0.39, 0.29) is 57.4 Å². The van der Waals surface area contributed by atoms with Crippen LogP contribution in [0, 0.1) is 6.92 Å². The number of carbonyl (C=O) groups excluding carboxylic acids is 2. The van der Waals surface area contributed by atoms with Gasteiger partial charge in [0.2, 0.25) is 16.7 Å². The fraction of sp³-hybridized carbons (Fsp3) is 0.263. The zero-order valence-corrected chi connectivity index (χ0v) is 18.2. The van der Waals surface area contributed by atoms with E-state index in [1.807, 2.05) is 26.0 Å². The summed E-state index contributed by atoms with van der Waals surface area (Å²) in [7, 11) is -4.90. The summed E-state index contributed by atoms with van der Waals surface area (Å²) in [6, 6.07) is 3.51. The molecule has 1 aromatic carbocycles. The Morgan fingerprint density at radius 1 is 1.11 bits per heavy atom. The maximum Gasteiger partial charge on any atom is 1.00 e. The third-order valence-corrected chi connectivity index (χ3v) is 5.97. The van der Waals surface area contributed by atoms with Crippen LogP contribution in [-0.2, 0) is 15.5 Å². The van der Waals surface area contributed by atoms with E-state index in [1.165, 1.54) is 6.92 Å². The quantitative estimate of drug-likeness (QED) is 0.390. The molecule has 1 aromatic heterocycles. The molecule has 2 aliphatic rings. The Morgan fingerprint density at radius 3 is 2.37 bits per heavy atom. The molecule has 0 unspecified atom stereocenters. The van der Waals surface area contributed by atoms with Crippen molar-refractivity contribution in [2.75, 3.05) is 0 Å². The molecule has 0 saturated heterocycles. The molecule has 8 heteroatoms. The van der Waals surface area contributed by atoms with Crippen LogP contribution in [0.25, 0.3) is 17.4 Å². The van der Waals surface area contributed by atoms with E-state index in [1.54, 1.807) is 12.1 Å². The molecule has 0 saturated carbocycles. The molecule has 2 aliphatic carbocycles. The molecule has 6 nitrogen and oxygen atoms in total. The zero-order valence-electron chi connectivity index (χ0n) is 15.4. The van der Waals surface area contributed by atoms with Gasteiger partial charge in [0.15, 0.2) is 10.1 Å². The van der Waals surface area contributed by atoms with Gasteiger partial charge in [-0.05, 0) is 29.9 Å². The largest absolute Gasteiger partial charge is 1.00 e. The molecule has 4 rings (SSSR count). The molecule has 0 amide bonds. The molecule has 134 valence electrons. The molecular formula is C19H15NaO6S.